The first-order valence-corrected chi connectivity index (χ1v) is 5.23. The Morgan fingerprint density at radius 1 is 1.65 bits per heavy atom. The van der Waals surface area contributed by atoms with Gasteiger partial charge >= 0.3 is 6.03 Å². The Balaban J connectivity index is 2.72. The molecule has 1 saturated heterocycles. The van der Waals surface area contributed by atoms with Crippen molar-refractivity contribution in [2.24, 2.45) is 0 Å². The van der Waals surface area contributed by atoms with E-state index in [1.165, 1.54) is 6.20 Å². The maximum Gasteiger partial charge on any atom is 0.329 e. The predicted octanol–water partition coefficient (Wildman–Crippen LogP) is -0.844. The number of carbonyl (C=O) groups excluding carboxylic acids is 2. The molecule has 17 heavy (non-hydrogen) atoms. The van der Waals surface area contributed by atoms with E-state index in [-0.39, 0.29) is 19.4 Å². The molecule has 0 aromatic rings. The van der Waals surface area contributed by atoms with Crippen LogP contribution in [0.1, 0.15) is 13.3 Å². The van der Waals surface area contributed by atoms with E-state index in [0.717, 1.165) is 4.90 Å². The topological polar surface area (TPSA) is 99.1 Å². The fraction of sp³-hybridized carbons (Fsp3) is 0.600. The largest absolute Gasteiger partial charge is 0.394 e. The van der Waals surface area contributed by atoms with Crippen molar-refractivity contribution in [1.82, 2.24) is 10.2 Å². The van der Waals surface area contributed by atoms with Crippen LogP contribution in [-0.2, 0) is 9.53 Å². The number of imide groups is 1. The highest BCUT2D eigenvalue weighted by Gasteiger charge is 2.37. The second-order valence-electron chi connectivity index (χ2n) is 3.57. The molecular weight excluding hydrogens is 228 g/mol. The maximum absolute atomic E-state index is 11.5. The summed E-state index contributed by atoms with van der Waals surface area (Å²) in [4.78, 5) is 22.9. The minimum Gasteiger partial charge on any atom is -0.394 e. The van der Waals surface area contributed by atoms with Crippen molar-refractivity contribution in [3.05, 3.63) is 12.3 Å². The number of aliphatic hydroxyl groups excluding tert-OH is 2. The average molecular weight is 244 g/mol. The van der Waals surface area contributed by atoms with Gasteiger partial charge in [-0.25, -0.2) is 4.79 Å². The molecule has 0 radical (unpaired) electrons. The van der Waals surface area contributed by atoms with Gasteiger partial charge in [0.15, 0.2) is 0 Å². The van der Waals surface area contributed by atoms with Gasteiger partial charge in [-0.15, -0.1) is 0 Å². The summed E-state index contributed by atoms with van der Waals surface area (Å²) >= 11 is 0. The minimum atomic E-state index is -0.832. The average Bonchev–Trinajstić information content (AvgIpc) is 2.67. The summed E-state index contributed by atoms with van der Waals surface area (Å²) in [6.07, 6.45) is 1.26. The van der Waals surface area contributed by atoms with Crippen LogP contribution in [0, 0.1) is 0 Å². The number of hydrogen-bond acceptors (Lipinski definition) is 5. The molecule has 0 aliphatic carbocycles. The zero-order chi connectivity index (χ0) is 12.8. The molecular formula is C10H16N2O5. The molecule has 1 aliphatic rings. The molecule has 1 rings (SSSR count). The first kappa shape index (κ1) is 13.6. The molecule has 7 nitrogen and oxygen atoms in total. The van der Waals surface area contributed by atoms with E-state index in [0.29, 0.717) is 0 Å². The molecule has 0 aromatic heterocycles. The highest BCUT2D eigenvalue weighted by molar-refractivity contribution is 5.85. The van der Waals surface area contributed by atoms with Crippen LogP contribution in [0.25, 0.3) is 0 Å². The first-order valence-electron chi connectivity index (χ1n) is 5.23. The lowest BCUT2D eigenvalue weighted by Gasteiger charge is -2.24. The number of rotatable bonds is 4. The van der Waals surface area contributed by atoms with Gasteiger partial charge in [0, 0.05) is 12.6 Å². The molecule has 1 aliphatic heterocycles. The number of hydrogen-bond donors (Lipinski definition) is 3. The van der Waals surface area contributed by atoms with Crippen LogP contribution in [0.5, 0.6) is 0 Å². The van der Waals surface area contributed by atoms with Crippen LogP contribution in [-0.4, -0.2) is 52.6 Å². The summed E-state index contributed by atoms with van der Waals surface area (Å²) in [5, 5.41) is 20.5. The monoisotopic (exact) mass is 244 g/mol. The van der Waals surface area contributed by atoms with E-state index >= 15 is 0 Å². The molecule has 0 bridgehead atoms. The number of nitrogens with one attached hydrogen (secondary N) is 1. The van der Waals surface area contributed by atoms with Crippen molar-refractivity contribution in [2.45, 2.75) is 31.8 Å². The molecule has 96 valence electrons. The zero-order valence-electron chi connectivity index (χ0n) is 9.44. The molecule has 7 heteroatoms. The third kappa shape index (κ3) is 3.26. The molecule has 3 N–H and O–H groups in total. The molecule has 1 heterocycles. The second-order valence-corrected chi connectivity index (χ2v) is 3.57. The Morgan fingerprint density at radius 2 is 2.35 bits per heavy atom. The number of aliphatic hydroxyl groups is 2. The molecule has 0 saturated carbocycles. The summed E-state index contributed by atoms with van der Waals surface area (Å²) in [7, 11) is 0. The Hall–Kier alpha value is -1.44. The Kier molecular flexibility index (Phi) is 5.08. The fourth-order valence-corrected chi connectivity index (χ4v) is 1.63. The van der Waals surface area contributed by atoms with Gasteiger partial charge in [0.2, 0.25) is 6.41 Å². The summed E-state index contributed by atoms with van der Waals surface area (Å²) in [5.41, 5.74) is 0. The van der Waals surface area contributed by atoms with Gasteiger partial charge in [0.25, 0.3) is 0 Å². The highest BCUT2D eigenvalue weighted by atomic mass is 16.5. The van der Waals surface area contributed by atoms with Crippen LogP contribution < -0.4 is 5.32 Å². The standard InChI is InChI=1S/C10H16N2O5/c1-2-3-12(10(16)11-6-14)9-4-7(15)8(5-13)17-9/h2-3,6-9,13,15H,4-5H2,1H3,(H,11,14,16)/b3-2-. The van der Waals surface area contributed by atoms with Gasteiger partial charge in [0.05, 0.1) is 12.7 Å². The lowest BCUT2D eigenvalue weighted by molar-refractivity contribution is -0.109. The third-order valence-corrected chi connectivity index (χ3v) is 2.42. The van der Waals surface area contributed by atoms with Crippen LogP contribution in [0.3, 0.4) is 0 Å². The van der Waals surface area contributed by atoms with Crippen molar-refractivity contribution in [2.75, 3.05) is 6.61 Å². The lowest BCUT2D eigenvalue weighted by Crippen LogP contribution is -2.42. The Labute approximate surface area is 98.7 Å². The van der Waals surface area contributed by atoms with E-state index in [2.05, 4.69) is 0 Å². The van der Waals surface area contributed by atoms with E-state index in [4.69, 9.17) is 9.84 Å². The SMILES string of the molecule is C/C=C\N(C(=O)NC=O)C1CC(O)C(CO)O1. The normalized spacial score (nSPS) is 28.3. The van der Waals surface area contributed by atoms with E-state index < -0.39 is 24.5 Å². The maximum atomic E-state index is 11.5. The number of ether oxygens (including phenoxy) is 1. The van der Waals surface area contributed by atoms with E-state index in [1.807, 2.05) is 5.32 Å². The van der Waals surface area contributed by atoms with Crippen LogP contribution in [0.2, 0.25) is 0 Å². The van der Waals surface area contributed by atoms with Gasteiger partial charge in [-0.1, -0.05) is 6.08 Å². The van der Waals surface area contributed by atoms with E-state index in [9.17, 15) is 14.7 Å². The number of urea groups is 1. The molecule has 0 spiro atoms. The first-order chi connectivity index (χ1) is 8.13. The van der Waals surface area contributed by atoms with Crippen molar-refractivity contribution >= 4 is 12.4 Å². The fourth-order valence-electron chi connectivity index (χ4n) is 1.63. The minimum absolute atomic E-state index is 0.182. The lowest BCUT2D eigenvalue weighted by atomic mass is 10.2. The zero-order valence-corrected chi connectivity index (χ0v) is 9.44. The molecule has 3 amide bonds. The summed E-state index contributed by atoms with van der Waals surface area (Å²) in [6, 6.07) is -0.645. The highest BCUT2D eigenvalue weighted by Crippen LogP contribution is 2.23. The van der Waals surface area contributed by atoms with Gasteiger partial charge in [0.1, 0.15) is 12.3 Å². The van der Waals surface area contributed by atoms with Crippen LogP contribution in [0.15, 0.2) is 12.3 Å². The number of nitrogens with zero attached hydrogens (tertiary/aromatic N) is 1. The summed E-state index contributed by atoms with van der Waals surface area (Å²) in [5.74, 6) is 0. The number of carbonyl (C=O) groups is 2. The number of allylic oxidation sites excluding steroid dienone is 1. The van der Waals surface area contributed by atoms with Gasteiger partial charge in [-0.05, 0) is 6.92 Å². The Bertz CT molecular complexity index is 307. The van der Waals surface area contributed by atoms with Crippen LogP contribution in [0.4, 0.5) is 4.79 Å². The van der Waals surface area contributed by atoms with Crippen molar-refractivity contribution in [3.63, 3.8) is 0 Å². The third-order valence-electron chi connectivity index (χ3n) is 2.42. The van der Waals surface area contributed by atoms with Gasteiger partial charge in [-0.3, -0.25) is 15.0 Å². The second kappa shape index (κ2) is 6.33. The van der Waals surface area contributed by atoms with Gasteiger partial charge in [-0.2, -0.15) is 0 Å². The van der Waals surface area contributed by atoms with Crippen LogP contribution >= 0.6 is 0 Å². The van der Waals surface area contributed by atoms with Crippen molar-refractivity contribution in [1.29, 1.82) is 0 Å². The molecule has 1 fully saturated rings. The Morgan fingerprint density at radius 3 is 2.82 bits per heavy atom. The predicted molar refractivity (Wildman–Crippen MR) is 57.6 cm³/mol. The molecule has 0 aromatic carbocycles. The molecule has 3 unspecified atom stereocenters. The van der Waals surface area contributed by atoms with E-state index in [1.54, 1.807) is 13.0 Å². The smallest absolute Gasteiger partial charge is 0.329 e. The van der Waals surface area contributed by atoms with Crippen molar-refractivity contribution < 1.29 is 24.5 Å². The summed E-state index contributed by atoms with van der Waals surface area (Å²) < 4.78 is 5.30. The summed E-state index contributed by atoms with van der Waals surface area (Å²) in [6.45, 7) is 1.38. The molecule has 3 atom stereocenters. The van der Waals surface area contributed by atoms with Crippen molar-refractivity contribution in [3.8, 4) is 0 Å². The van der Waals surface area contributed by atoms with Gasteiger partial charge < -0.3 is 14.9 Å². The quantitative estimate of drug-likeness (QED) is 0.560. The number of amides is 3.